The average molecular weight is 217 g/mol. The van der Waals surface area contributed by atoms with Gasteiger partial charge in [0.15, 0.2) is 9.84 Å². The Balaban J connectivity index is 2.95. The molecular formula is C9H9ClO2S. The van der Waals surface area contributed by atoms with E-state index in [1.807, 2.05) is 0 Å². The van der Waals surface area contributed by atoms with Crippen LogP contribution in [0.2, 0.25) is 0 Å². The normalized spacial score (nSPS) is 12.1. The molecule has 2 nitrogen and oxygen atoms in total. The molecule has 0 aliphatic rings. The van der Waals surface area contributed by atoms with E-state index in [4.69, 9.17) is 11.6 Å². The molecule has 0 amide bonds. The van der Waals surface area contributed by atoms with E-state index in [2.05, 4.69) is 0 Å². The molecule has 0 saturated carbocycles. The van der Waals surface area contributed by atoms with Gasteiger partial charge in [0.25, 0.3) is 0 Å². The van der Waals surface area contributed by atoms with Gasteiger partial charge in [-0.25, -0.2) is 8.42 Å². The molecule has 13 heavy (non-hydrogen) atoms. The highest BCUT2D eigenvalue weighted by molar-refractivity contribution is 7.91. The van der Waals surface area contributed by atoms with Gasteiger partial charge in [0, 0.05) is 5.54 Å². The van der Waals surface area contributed by atoms with Crippen molar-refractivity contribution in [3.63, 3.8) is 0 Å². The minimum Gasteiger partial charge on any atom is -0.223 e. The van der Waals surface area contributed by atoms with Crippen molar-refractivity contribution in [3.05, 3.63) is 41.9 Å². The van der Waals surface area contributed by atoms with E-state index in [1.54, 1.807) is 30.3 Å². The molecule has 0 radical (unpaired) electrons. The molecule has 70 valence electrons. The third-order valence-electron chi connectivity index (χ3n) is 1.51. The Morgan fingerprint density at radius 2 is 1.85 bits per heavy atom. The van der Waals surface area contributed by atoms with Crippen molar-refractivity contribution in [1.29, 1.82) is 0 Å². The first-order valence-corrected chi connectivity index (χ1v) is 5.79. The monoisotopic (exact) mass is 216 g/mol. The topological polar surface area (TPSA) is 34.1 Å². The van der Waals surface area contributed by atoms with E-state index in [0.29, 0.717) is 4.90 Å². The van der Waals surface area contributed by atoms with Crippen LogP contribution < -0.4 is 0 Å². The molecule has 0 N–H and O–H groups in total. The van der Waals surface area contributed by atoms with Gasteiger partial charge in [0.1, 0.15) is 0 Å². The maximum absolute atomic E-state index is 11.5. The van der Waals surface area contributed by atoms with Crippen LogP contribution in [0.5, 0.6) is 0 Å². The zero-order chi connectivity index (χ0) is 9.73. The second-order valence-electron chi connectivity index (χ2n) is 2.46. The number of hydrogen-bond donors (Lipinski definition) is 0. The molecule has 0 atom stereocenters. The van der Waals surface area contributed by atoms with Gasteiger partial charge in [-0.2, -0.15) is 0 Å². The Morgan fingerprint density at radius 1 is 1.23 bits per heavy atom. The Bertz CT molecular complexity index is 381. The molecule has 0 saturated heterocycles. The van der Waals surface area contributed by atoms with Gasteiger partial charge in [0.05, 0.1) is 10.6 Å². The third kappa shape index (κ3) is 2.86. The van der Waals surface area contributed by atoms with Gasteiger partial charge in [0.2, 0.25) is 0 Å². The Kier molecular flexibility index (Phi) is 3.51. The zero-order valence-corrected chi connectivity index (χ0v) is 8.42. The van der Waals surface area contributed by atoms with Crippen molar-refractivity contribution in [3.8, 4) is 0 Å². The van der Waals surface area contributed by atoms with Crippen molar-refractivity contribution in [1.82, 2.24) is 0 Å². The molecule has 0 aliphatic carbocycles. The van der Waals surface area contributed by atoms with Gasteiger partial charge < -0.3 is 0 Å². The summed E-state index contributed by atoms with van der Waals surface area (Å²) in [5, 5.41) is 0. The predicted molar refractivity (Wildman–Crippen MR) is 53.5 cm³/mol. The predicted octanol–water partition coefficient (Wildman–Crippen LogP) is 2.21. The van der Waals surface area contributed by atoms with Gasteiger partial charge in [-0.1, -0.05) is 35.9 Å². The van der Waals surface area contributed by atoms with Crippen molar-refractivity contribution in [2.24, 2.45) is 0 Å². The summed E-state index contributed by atoms with van der Waals surface area (Å²) >= 11 is 5.25. The minimum atomic E-state index is -3.19. The summed E-state index contributed by atoms with van der Waals surface area (Å²) in [6.07, 6.45) is 1.41. The van der Waals surface area contributed by atoms with E-state index in [0.717, 1.165) is 0 Å². The first-order chi connectivity index (χ1) is 6.17. The summed E-state index contributed by atoms with van der Waals surface area (Å²) in [4.78, 5) is 0.324. The minimum absolute atomic E-state index is 0.0550. The smallest absolute Gasteiger partial charge is 0.181 e. The lowest BCUT2D eigenvalue weighted by Gasteiger charge is -1.99. The molecule has 0 spiro atoms. The maximum Gasteiger partial charge on any atom is 0.181 e. The highest BCUT2D eigenvalue weighted by atomic mass is 35.5. The number of benzene rings is 1. The highest BCUT2D eigenvalue weighted by Gasteiger charge is 2.10. The second-order valence-corrected chi connectivity index (χ2v) is 4.74. The molecule has 0 heterocycles. The van der Waals surface area contributed by atoms with Gasteiger partial charge in [-0.15, -0.1) is 0 Å². The number of sulfone groups is 1. The van der Waals surface area contributed by atoms with E-state index in [1.165, 1.54) is 11.6 Å². The molecule has 1 rings (SSSR count). The summed E-state index contributed by atoms with van der Waals surface area (Å²) in [6, 6.07) is 8.29. The molecule has 0 bridgehead atoms. The Hall–Kier alpha value is -0.800. The fraction of sp³-hybridized carbons (Fsp3) is 0.111. The lowest BCUT2D eigenvalue weighted by Crippen LogP contribution is -2.03. The van der Waals surface area contributed by atoms with Gasteiger partial charge in [-0.3, -0.25) is 0 Å². The molecule has 0 fully saturated rings. The van der Waals surface area contributed by atoms with Crippen LogP contribution in [0.3, 0.4) is 0 Å². The third-order valence-corrected chi connectivity index (χ3v) is 3.31. The van der Waals surface area contributed by atoms with Gasteiger partial charge in [-0.05, 0) is 12.1 Å². The SMILES string of the molecule is O=S(=O)(CC=CCl)c1ccccc1. The van der Waals surface area contributed by atoms with E-state index < -0.39 is 9.84 Å². The fourth-order valence-corrected chi connectivity index (χ4v) is 2.20. The van der Waals surface area contributed by atoms with Crippen molar-refractivity contribution < 1.29 is 8.42 Å². The van der Waals surface area contributed by atoms with E-state index >= 15 is 0 Å². The lowest BCUT2D eigenvalue weighted by molar-refractivity contribution is 0.599. The summed E-state index contributed by atoms with van der Waals surface area (Å²) in [7, 11) is -3.19. The molecule has 4 heteroatoms. The molecular weight excluding hydrogens is 208 g/mol. The first kappa shape index (κ1) is 10.3. The average Bonchev–Trinajstić information content (AvgIpc) is 2.16. The van der Waals surface area contributed by atoms with Crippen molar-refractivity contribution in [2.75, 3.05) is 5.75 Å². The number of halogens is 1. The van der Waals surface area contributed by atoms with Crippen LogP contribution in [0.4, 0.5) is 0 Å². The molecule has 0 aromatic heterocycles. The molecule has 0 unspecified atom stereocenters. The van der Waals surface area contributed by atoms with Crippen LogP contribution in [0.25, 0.3) is 0 Å². The van der Waals surface area contributed by atoms with Crippen LogP contribution in [-0.2, 0) is 9.84 Å². The van der Waals surface area contributed by atoms with Crippen LogP contribution in [0.1, 0.15) is 0 Å². The van der Waals surface area contributed by atoms with Crippen LogP contribution in [-0.4, -0.2) is 14.2 Å². The number of rotatable bonds is 3. The molecule has 1 aromatic rings. The van der Waals surface area contributed by atoms with E-state index in [-0.39, 0.29) is 5.75 Å². The van der Waals surface area contributed by atoms with Gasteiger partial charge >= 0.3 is 0 Å². The Labute approximate surface area is 82.8 Å². The Morgan fingerprint density at radius 3 is 2.38 bits per heavy atom. The summed E-state index contributed by atoms with van der Waals surface area (Å²) in [5.41, 5.74) is 1.21. The fourth-order valence-electron chi connectivity index (χ4n) is 0.887. The summed E-state index contributed by atoms with van der Waals surface area (Å²) < 4.78 is 23.0. The van der Waals surface area contributed by atoms with Crippen LogP contribution in [0.15, 0.2) is 46.8 Å². The molecule has 0 aliphatic heterocycles. The van der Waals surface area contributed by atoms with Crippen LogP contribution in [0, 0.1) is 0 Å². The van der Waals surface area contributed by atoms with Crippen LogP contribution >= 0.6 is 11.6 Å². The largest absolute Gasteiger partial charge is 0.223 e. The quantitative estimate of drug-likeness (QED) is 0.777. The van der Waals surface area contributed by atoms with Crippen molar-refractivity contribution in [2.45, 2.75) is 4.90 Å². The second kappa shape index (κ2) is 4.44. The standard InChI is InChI=1S/C9H9ClO2S/c10-7-4-8-13(11,12)9-5-2-1-3-6-9/h1-7H,8H2. The first-order valence-electron chi connectivity index (χ1n) is 3.70. The lowest BCUT2D eigenvalue weighted by atomic mass is 10.4. The highest BCUT2D eigenvalue weighted by Crippen LogP contribution is 2.09. The zero-order valence-electron chi connectivity index (χ0n) is 6.85. The summed E-state index contributed by atoms with van der Waals surface area (Å²) in [5.74, 6) is -0.0550. The van der Waals surface area contributed by atoms with E-state index in [9.17, 15) is 8.42 Å². The summed E-state index contributed by atoms with van der Waals surface area (Å²) in [6.45, 7) is 0. The molecule has 1 aromatic carbocycles. The van der Waals surface area contributed by atoms with Crippen molar-refractivity contribution >= 4 is 21.4 Å². The maximum atomic E-state index is 11.5. The number of hydrogen-bond acceptors (Lipinski definition) is 2.